The zero-order chi connectivity index (χ0) is 30.5. The number of pyridine rings is 1. The van der Waals surface area contributed by atoms with Gasteiger partial charge < -0.3 is 29.5 Å². The van der Waals surface area contributed by atoms with Gasteiger partial charge in [-0.15, -0.1) is 0 Å². The quantitative estimate of drug-likeness (QED) is 0.321. The van der Waals surface area contributed by atoms with Crippen molar-refractivity contribution in [3.63, 3.8) is 0 Å². The molecule has 3 N–H and O–H groups in total. The smallest absolute Gasteiger partial charge is 0.410 e. The van der Waals surface area contributed by atoms with E-state index in [-0.39, 0.29) is 23.3 Å². The molecule has 224 valence electrons. The van der Waals surface area contributed by atoms with E-state index in [0.717, 1.165) is 0 Å². The molecule has 1 saturated heterocycles. The maximum absolute atomic E-state index is 12.8. The lowest BCUT2D eigenvalue weighted by Crippen LogP contribution is -2.44. The topological polar surface area (TPSA) is 148 Å². The molecule has 0 unspecified atom stereocenters. The lowest BCUT2D eigenvalue weighted by molar-refractivity contribution is 0.0126. The van der Waals surface area contributed by atoms with Crippen molar-refractivity contribution in [2.24, 2.45) is 0 Å². The van der Waals surface area contributed by atoms with Crippen LogP contribution in [-0.2, 0) is 10.2 Å². The van der Waals surface area contributed by atoms with Gasteiger partial charge >= 0.3 is 12.1 Å². The van der Waals surface area contributed by atoms with Crippen LogP contribution in [0.5, 0.6) is 5.75 Å². The Morgan fingerprint density at radius 3 is 2.14 bits per heavy atom. The fourth-order valence-corrected chi connectivity index (χ4v) is 4.08. The Hall–Kier alpha value is -4.61. The van der Waals surface area contributed by atoms with Crippen LogP contribution < -0.4 is 20.7 Å². The molecule has 0 atom stereocenters. The first-order valence-corrected chi connectivity index (χ1v) is 13.8. The molecule has 12 heteroatoms. The van der Waals surface area contributed by atoms with Crippen molar-refractivity contribution >= 4 is 35.2 Å². The summed E-state index contributed by atoms with van der Waals surface area (Å²) >= 11 is 0. The van der Waals surface area contributed by atoms with Gasteiger partial charge in [0, 0.05) is 61.1 Å². The lowest BCUT2D eigenvalue weighted by Gasteiger charge is -2.33. The van der Waals surface area contributed by atoms with Gasteiger partial charge in [-0.05, 0) is 51.1 Å². The van der Waals surface area contributed by atoms with Crippen LogP contribution in [0.15, 0.2) is 53.2 Å². The number of likely N-dealkylation sites (tertiary alicyclic amines) is 1. The second-order valence-corrected chi connectivity index (χ2v) is 12.1. The molecule has 0 saturated carbocycles. The SMILES string of the molecule is CC(C)(C)OC(=O)N1CCC(Oc2ccnc(C(=O)Nc3ccc(NC(=O)Nc4cc(C(C)(C)C)on4)cc3)c2)CC1. The number of urea groups is 1. The summed E-state index contributed by atoms with van der Waals surface area (Å²) in [6.45, 7) is 12.5. The summed E-state index contributed by atoms with van der Waals surface area (Å²) in [4.78, 5) is 43.3. The molecule has 0 aliphatic carbocycles. The van der Waals surface area contributed by atoms with Crippen molar-refractivity contribution in [2.45, 2.75) is 71.5 Å². The molecule has 0 spiro atoms. The molecule has 1 aromatic carbocycles. The van der Waals surface area contributed by atoms with Crippen molar-refractivity contribution in [1.82, 2.24) is 15.0 Å². The van der Waals surface area contributed by atoms with Gasteiger partial charge in [0.15, 0.2) is 5.82 Å². The Morgan fingerprint density at radius 2 is 1.55 bits per heavy atom. The Bertz CT molecular complexity index is 1400. The largest absolute Gasteiger partial charge is 0.490 e. The number of anilines is 3. The number of rotatable bonds is 6. The van der Waals surface area contributed by atoms with Crippen LogP contribution in [-0.4, -0.2) is 57.9 Å². The van der Waals surface area contributed by atoms with Gasteiger partial charge in [0.2, 0.25) is 0 Å². The fraction of sp³-hybridized carbons (Fsp3) is 0.433. The van der Waals surface area contributed by atoms with Crippen LogP contribution in [0.25, 0.3) is 0 Å². The predicted octanol–water partition coefficient (Wildman–Crippen LogP) is 6.04. The van der Waals surface area contributed by atoms with E-state index in [1.807, 2.05) is 41.5 Å². The van der Waals surface area contributed by atoms with Crippen molar-refractivity contribution in [1.29, 1.82) is 0 Å². The molecular weight excluding hydrogens is 540 g/mol. The number of carbonyl (C=O) groups is 3. The molecule has 3 aromatic rings. The molecule has 4 amide bonds. The Balaban J connectivity index is 1.25. The maximum atomic E-state index is 12.8. The number of benzene rings is 1. The first kappa shape index (κ1) is 30.4. The van der Waals surface area contributed by atoms with E-state index in [4.69, 9.17) is 14.0 Å². The zero-order valence-corrected chi connectivity index (χ0v) is 24.8. The van der Waals surface area contributed by atoms with Crippen molar-refractivity contribution in [3.8, 4) is 5.75 Å². The number of ether oxygens (including phenoxy) is 2. The molecule has 12 nitrogen and oxygen atoms in total. The molecule has 1 aliphatic rings. The molecule has 0 bridgehead atoms. The van der Waals surface area contributed by atoms with Crippen LogP contribution in [0.2, 0.25) is 0 Å². The highest BCUT2D eigenvalue weighted by Crippen LogP contribution is 2.25. The summed E-state index contributed by atoms with van der Waals surface area (Å²) in [7, 11) is 0. The fourth-order valence-electron chi connectivity index (χ4n) is 4.08. The van der Waals surface area contributed by atoms with E-state index < -0.39 is 17.5 Å². The zero-order valence-electron chi connectivity index (χ0n) is 24.8. The van der Waals surface area contributed by atoms with Crippen LogP contribution in [0.1, 0.15) is 70.6 Å². The van der Waals surface area contributed by atoms with E-state index in [2.05, 4.69) is 26.1 Å². The van der Waals surface area contributed by atoms with Crippen LogP contribution in [0, 0.1) is 0 Å². The highest BCUT2D eigenvalue weighted by atomic mass is 16.6. The van der Waals surface area contributed by atoms with Gasteiger partial charge in [-0.2, -0.15) is 0 Å². The van der Waals surface area contributed by atoms with E-state index >= 15 is 0 Å². The first-order valence-electron chi connectivity index (χ1n) is 13.8. The molecule has 42 heavy (non-hydrogen) atoms. The third kappa shape index (κ3) is 8.69. The van der Waals surface area contributed by atoms with Gasteiger partial charge in [0.25, 0.3) is 5.91 Å². The number of amides is 4. The third-order valence-electron chi connectivity index (χ3n) is 6.25. The summed E-state index contributed by atoms with van der Waals surface area (Å²) < 4.78 is 16.8. The molecule has 1 aliphatic heterocycles. The van der Waals surface area contributed by atoms with Gasteiger partial charge in [-0.1, -0.05) is 25.9 Å². The van der Waals surface area contributed by atoms with Gasteiger partial charge in [0.05, 0.1) is 0 Å². The Kier molecular flexibility index (Phi) is 9.03. The van der Waals surface area contributed by atoms with Crippen LogP contribution in [0.3, 0.4) is 0 Å². The molecule has 2 aromatic heterocycles. The lowest BCUT2D eigenvalue weighted by atomic mass is 9.93. The van der Waals surface area contributed by atoms with Crippen molar-refractivity contribution < 1.29 is 28.4 Å². The van der Waals surface area contributed by atoms with Crippen molar-refractivity contribution in [2.75, 3.05) is 29.0 Å². The highest BCUT2D eigenvalue weighted by Gasteiger charge is 2.28. The predicted molar refractivity (Wildman–Crippen MR) is 158 cm³/mol. The minimum atomic E-state index is -0.538. The highest BCUT2D eigenvalue weighted by molar-refractivity contribution is 6.03. The Morgan fingerprint density at radius 1 is 0.905 bits per heavy atom. The summed E-state index contributed by atoms with van der Waals surface area (Å²) in [5.74, 6) is 1.09. The summed E-state index contributed by atoms with van der Waals surface area (Å²) in [5.41, 5.74) is 0.485. The Labute approximate surface area is 245 Å². The maximum Gasteiger partial charge on any atom is 0.410 e. The summed E-state index contributed by atoms with van der Waals surface area (Å²) in [5, 5.41) is 12.0. The summed E-state index contributed by atoms with van der Waals surface area (Å²) in [6.07, 6.45) is 2.41. The number of hydrogen-bond donors (Lipinski definition) is 3. The van der Waals surface area contributed by atoms with E-state index in [9.17, 15) is 14.4 Å². The van der Waals surface area contributed by atoms with E-state index in [0.29, 0.717) is 54.6 Å². The number of nitrogens with zero attached hydrogens (tertiary/aromatic N) is 3. The minimum Gasteiger partial charge on any atom is -0.490 e. The van der Waals surface area contributed by atoms with E-state index in [1.54, 1.807) is 47.4 Å². The average molecular weight is 579 g/mol. The normalized spacial score (nSPS) is 14.2. The van der Waals surface area contributed by atoms with E-state index in [1.165, 1.54) is 6.20 Å². The van der Waals surface area contributed by atoms with Gasteiger partial charge in [-0.25, -0.2) is 9.59 Å². The van der Waals surface area contributed by atoms with Crippen LogP contribution in [0.4, 0.5) is 26.8 Å². The number of nitrogens with one attached hydrogen (secondary N) is 3. The molecule has 1 fully saturated rings. The van der Waals surface area contributed by atoms with Gasteiger partial charge in [-0.3, -0.25) is 15.1 Å². The molecule has 4 rings (SSSR count). The monoisotopic (exact) mass is 578 g/mol. The minimum absolute atomic E-state index is 0.0935. The number of aromatic nitrogens is 2. The van der Waals surface area contributed by atoms with Crippen molar-refractivity contribution in [3.05, 3.63) is 60.1 Å². The van der Waals surface area contributed by atoms with Gasteiger partial charge in [0.1, 0.15) is 28.9 Å². The molecule has 3 heterocycles. The second kappa shape index (κ2) is 12.5. The van der Waals surface area contributed by atoms with Crippen LogP contribution >= 0.6 is 0 Å². The number of hydrogen-bond acceptors (Lipinski definition) is 8. The summed E-state index contributed by atoms with van der Waals surface area (Å²) in [6, 6.07) is 11.2. The second-order valence-electron chi connectivity index (χ2n) is 12.1. The standard InChI is InChI=1S/C30H38N6O6/c1-29(2,3)24-18-25(35-42-24)34-27(38)33-20-9-7-19(8-10-20)32-26(37)23-17-22(11-14-31-23)40-21-12-15-36(16-13-21)28(39)41-30(4,5)6/h7-11,14,17-18,21H,12-13,15-16H2,1-6H3,(H,32,37)(H2,33,34,35,38). The number of carbonyl (C=O) groups excluding carboxylic acids is 3. The number of piperidine rings is 1. The molecular formula is C30H38N6O6. The third-order valence-corrected chi connectivity index (χ3v) is 6.25. The molecule has 0 radical (unpaired) electrons. The average Bonchev–Trinajstić information content (AvgIpc) is 3.38. The first-order chi connectivity index (χ1) is 19.7.